The molecule has 1 fully saturated rings. The van der Waals surface area contributed by atoms with Crippen LogP contribution in [0.15, 0.2) is 59.5 Å². The number of sulfonamides is 1. The highest BCUT2D eigenvalue weighted by molar-refractivity contribution is 7.92. The van der Waals surface area contributed by atoms with Gasteiger partial charge in [-0.3, -0.25) is 4.72 Å². The normalized spacial score (nSPS) is 16.5. The van der Waals surface area contributed by atoms with E-state index >= 15 is 0 Å². The summed E-state index contributed by atoms with van der Waals surface area (Å²) in [7, 11) is -1.69. The summed E-state index contributed by atoms with van der Waals surface area (Å²) in [6, 6.07) is 15.6. The lowest BCUT2D eigenvalue weighted by molar-refractivity contribution is 0.171. The Kier molecular flexibility index (Phi) is 5.77. The Labute approximate surface area is 193 Å². The van der Waals surface area contributed by atoms with E-state index in [-0.39, 0.29) is 4.90 Å². The van der Waals surface area contributed by atoms with Gasteiger partial charge in [0, 0.05) is 43.5 Å². The van der Waals surface area contributed by atoms with Gasteiger partial charge in [-0.05, 0) is 43.4 Å². The third kappa shape index (κ3) is 4.71. The highest BCUT2D eigenvalue weighted by Gasteiger charge is 2.20. The molecule has 33 heavy (non-hydrogen) atoms. The molecule has 1 aromatic heterocycles. The Hall–Kier alpha value is -3.37. The van der Waals surface area contributed by atoms with Gasteiger partial charge in [0.05, 0.1) is 10.6 Å². The van der Waals surface area contributed by atoms with Crippen molar-refractivity contribution in [3.63, 3.8) is 0 Å². The lowest BCUT2D eigenvalue weighted by atomic mass is 10.1. The van der Waals surface area contributed by atoms with E-state index in [1.54, 1.807) is 24.3 Å². The standard InChI is InChI=1S/C23H25N5O4S/c1-27-9-11-28(12-10-27)23-8-6-20(24-25-23)17-3-2-4-18(15-17)26-33(29,30)19-5-7-21-22(16-19)32-14-13-31-21/h2-8,15-16,26H,9-14H2,1H3. The van der Waals surface area contributed by atoms with Gasteiger partial charge in [-0.25, -0.2) is 8.42 Å². The summed E-state index contributed by atoms with van der Waals surface area (Å²) >= 11 is 0. The van der Waals surface area contributed by atoms with E-state index in [1.807, 2.05) is 18.2 Å². The Balaban J connectivity index is 1.33. The SMILES string of the molecule is CN1CCN(c2ccc(-c3cccc(NS(=O)(=O)c4ccc5c(c4)OCCO5)c3)nn2)CC1. The highest BCUT2D eigenvalue weighted by atomic mass is 32.2. The van der Waals surface area contributed by atoms with Crippen molar-refractivity contribution in [3.8, 4) is 22.8 Å². The number of hydrogen-bond acceptors (Lipinski definition) is 8. The number of anilines is 2. The van der Waals surface area contributed by atoms with Gasteiger partial charge in [-0.1, -0.05) is 12.1 Å². The summed E-state index contributed by atoms with van der Waals surface area (Å²) < 4.78 is 39.5. The fraction of sp³-hybridized carbons (Fsp3) is 0.304. The number of nitrogens with one attached hydrogen (secondary N) is 1. The summed E-state index contributed by atoms with van der Waals surface area (Å²) in [5, 5.41) is 8.76. The average Bonchev–Trinajstić information content (AvgIpc) is 2.84. The third-order valence-corrected chi connectivity index (χ3v) is 7.09. The molecule has 0 atom stereocenters. The molecule has 0 saturated carbocycles. The number of aromatic nitrogens is 2. The zero-order valence-corrected chi connectivity index (χ0v) is 19.1. The van der Waals surface area contributed by atoms with E-state index < -0.39 is 10.0 Å². The maximum absolute atomic E-state index is 12.9. The van der Waals surface area contributed by atoms with Crippen LogP contribution in [0.1, 0.15) is 0 Å². The summed E-state index contributed by atoms with van der Waals surface area (Å²) in [4.78, 5) is 4.61. The number of fused-ring (bicyclic) bond motifs is 1. The predicted molar refractivity (Wildman–Crippen MR) is 125 cm³/mol. The third-order valence-electron chi connectivity index (χ3n) is 5.71. The molecule has 2 aromatic carbocycles. The fourth-order valence-electron chi connectivity index (χ4n) is 3.83. The number of piperazine rings is 1. The second-order valence-electron chi connectivity index (χ2n) is 8.06. The first kappa shape index (κ1) is 21.5. The number of ether oxygens (including phenoxy) is 2. The van der Waals surface area contributed by atoms with Gasteiger partial charge in [-0.2, -0.15) is 0 Å². The molecule has 3 aromatic rings. The number of benzene rings is 2. The van der Waals surface area contributed by atoms with Crippen LogP contribution in [-0.4, -0.2) is 70.0 Å². The first-order valence-corrected chi connectivity index (χ1v) is 12.3. The van der Waals surface area contributed by atoms with E-state index in [0.717, 1.165) is 37.6 Å². The Morgan fingerprint density at radius 3 is 2.42 bits per heavy atom. The lowest BCUT2D eigenvalue weighted by Crippen LogP contribution is -2.44. The van der Waals surface area contributed by atoms with E-state index in [9.17, 15) is 8.42 Å². The van der Waals surface area contributed by atoms with Crippen LogP contribution < -0.4 is 19.1 Å². The van der Waals surface area contributed by atoms with E-state index in [0.29, 0.717) is 36.1 Å². The van der Waals surface area contributed by atoms with Crippen molar-refractivity contribution >= 4 is 21.5 Å². The fourth-order valence-corrected chi connectivity index (χ4v) is 4.89. The molecule has 0 amide bonds. The molecule has 2 aliphatic rings. The predicted octanol–water partition coefficient (Wildman–Crippen LogP) is 2.47. The minimum absolute atomic E-state index is 0.105. The second kappa shape index (κ2) is 8.87. The molecule has 0 spiro atoms. The van der Waals surface area contributed by atoms with Crippen LogP contribution in [0.25, 0.3) is 11.3 Å². The van der Waals surface area contributed by atoms with Crippen molar-refractivity contribution in [3.05, 3.63) is 54.6 Å². The summed E-state index contributed by atoms with van der Waals surface area (Å²) in [6.07, 6.45) is 0. The van der Waals surface area contributed by atoms with Gasteiger partial charge in [0.25, 0.3) is 10.0 Å². The monoisotopic (exact) mass is 467 g/mol. The molecule has 1 saturated heterocycles. The molecule has 0 unspecified atom stereocenters. The molecule has 3 heterocycles. The van der Waals surface area contributed by atoms with Crippen molar-refractivity contribution in [2.75, 3.05) is 56.1 Å². The Bertz CT molecular complexity index is 1240. The molecule has 0 radical (unpaired) electrons. The number of likely N-dealkylation sites (N-methyl/N-ethyl adjacent to an activating group) is 1. The highest BCUT2D eigenvalue weighted by Crippen LogP contribution is 2.33. The maximum atomic E-state index is 12.9. The van der Waals surface area contributed by atoms with Crippen molar-refractivity contribution < 1.29 is 17.9 Å². The van der Waals surface area contributed by atoms with Crippen LogP contribution in [0.3, 0.4) is 0 Å². The van der Waals surface area contributed by atoms with E-state index in [2.05, 4.69) is 31.8 Å². The largest absolute Gasteiger partial charge is 0.486 e. The van der Waals surface area contributed by atoms with Gasteiger partial charge in [-0.15, -0.1) is 10.2 Å². The summed E-state index contributed by atoms with van der Waals surface area (Å²) in [5.41, 5.74) is 1.88. The van der Waals surface area contributed by atoms with E-state index in [4.69, 9.17) is 9.47 Å². The van der Waals surface area contributed by atoms with Crippen LogP contribution in [0, 0.1) is 0 Å². The van der Waals surface area contributed by atoms with Crippen molar-refractivity contribution in [1.29, 1.82) is 0 Å². The van der Waals surface area contributed by atoms with Crippen molar-refractivity contribution in [1.82, 2.24) is 15.1 Å². The van der Waals surface area contributed by atoms with Gasteiger partial charge >= 0.3 is 0 Å². The van der Waals surface area contributed by atoms with E-state index in [1.165, 1.54) is 12.1 Å². The topological polar surface area (TPSA) is 96.9 Å². The zero-order valence-electron chi connectivity index (χ0n) is 18.3. The quantitative estimate of drug-likeness (QED) is 0.611. The lowest BCUT2D eigenvalue weighted by Gasteiger charge is -2.32. The Morgan fingerprint density at radius 1 is 0.879 bits per heavy atom. The first-order valence-electron chi connectivity index (χ1n) is 10.8. The summed E-state index contributed by atoms with van der Waals surface area (Å²) in [6.45, 7) is 4.66. The van der Waals surface area contributed by atoms with Crippen LogP contribution >= 0.6 is 0 Å². The van der Waals surface area contributed by atoms with Crippen molar-refractivity contribution in [2.45, 2.75) is 4.90 Å². The van der Waals surface area contributed by atoms with Crippen LogP contribution in [0.4, 0.5) is 11.5 Å². The van der Waals surface area contributed by atoms with Crippen molar-refractivity contribution in [2.24, 2.45) is 0 Å². The van der Waals surface area contributed by atoms with Crippen LogP contribution in [0.2, 0.25) is 0 Å². The maximum Gasteiger partial charge on any atom is 0.262 e. The molecular formula is C23H25N5O4S. The number of hydrogen-bond donors (Lipinski definition) is 1. The molecule has 172 valence electrons. The molecule has 5 rings (SSSR count). The molecular weight excluding hydrogens is 442 g/mol. The average molecular weight is 468 g/mol. The molecule has 1 N–H and O–H groups in total. The zero-order chi connectivity index (χ0) is 22.8. The summed E-state index contributed by atoms with van der Waals surface area (Å²) in [5.74, 6) is 1.82. The minimum atomic E-state index is -3.80. The van der Waals surface area contributed by atoms with Gasteiger partial charge < -0.3 is 19.3 Å². The number of nitrogens with zero attached hydrogens (tertiary/aromatic N) is 4. The second-order valence-corrected chi connectivity index (χ2v) is 9.74. The van der Waals surface area contributed by atoms with Crippen LogP contribution in [-0.2, 0) is 10.0 Å². The molecule has 9 nitrogen and oxygen atoms in total. The Morgan fingerprint density at radius 2 is 1.67 bits per heavy atom. The molecule has 10 heteroatoms. The van der Waals surface area contributed by atoms with Gasteiger partial charge in [0.1, 0.15) is 13.2 Å². The minimum Gasteiger partial charge on any atom is -0.486 e. The van der Waals surface area contributed by atoms with Gasteiger partial charge in [0.2, 0.25) is 0 Å². The van der Waals surface area contributed by atoms with Gasteiger partial charge in [0.15, 0.2) is 17.3 Å². The smallest absolute Gasteiger partial charge is 0.262 e. The molecule has 2 aliphatic heterocycles. The molecule has 0 bridgehead atoms. The van der Waals surface area contributed by atoms with Crippen LogP contribution in [0.5, 0.6) is 11.5 Å². The molecule has 0 aliphatic carbocycles. The first-order chi connectivity index (χ1) is 16.0. The number of rotatable bonds is 5.